The van der Waals surface area contributed by atoms with Gasteiger partial charge in [-0.3, -0.25) is 4.79 Å². The summed E-state index contributed by atoms with van der Waals surface area (Å²) in [5, 5.41) is 4.56. The van der Waals surface area contributed by atoms with E-state index in [1.54, 1.807) is 7.11 Å². The van der Waals surface area contributed by atoms with Crippen LogP contribution in [0.3, 0.4) is 0 Å². The summed E-state index contributed by atoms with van der Waals surface area (Å²) in [5.41, 5.74) is 5.66. The molecule has 1 aliphatic heterocycles. The summed E-state index contributed by atoms with van der Waals surface area (Å²) in [4.78, 5) is 15.3. The van der Waals surface area contributed by atoms with Crippen LogP contribution in [0, 0.1) is 5.92 Å². The Bertz CT molecular complexity index is 1100. The van der Waals surface area contributed by atoms with E-state index in [9.17, 15) is 4.79 Å². The van der Waals surface area contributed by atoms with Gasteiger partial charge in [0.05, 0.1) is 26.7 Å². The van der Waals surface area contributed by atoms with Crippen molar-refractivity contribution in [3.05, 3.63) is 58.8 Å². The lowest BCUT2D eigenvalue weighted by Gasteiger charge is -2.23. The van der Waals surface area contributed by atoms with Crippen LogP contribution in [-0.2, 0) is 29.0 Å². The van der Waals surface area contributed by atoms with Gasteiger partial charge in [-0.25, -0.2) is 0 Å². The molecule has 1 atom stereocenters. The number of ether oxygens (including phenoxy) is 3. The molecule has 0 fully saturated rings. The highest BCUT2D eigenvalue weighted by Gasteiger charge is 2.26. The molecule has 170 valence electrons. The molecule has 0 spiro atoms. The van der Waals surface area contributed by atoms with Crippen molar-refractivity contribution in [2.75, 3.05) is 20.8 Å². The van der Waals surface area contributed by atoms with Gasteiger partial charge in [-0.1, -0.05) is 26.0 Å². The summed E-state index contributed by atoms with van der Waals surface area (Å²) in [6.45, 7) is 5.70. The fraction of sp³-hybridized carbons (Fsp3) is 0.423. The van der Waals surface area contributed by atoms with E-state index in [0.29, 0.717) is 18.9 Å². The maximum atomic E-state index is 11.8. The second-order valence-electron chi connectivity index (χ2n) is 8.79. The minimum Gasteiger partial charge on any atom is -0.496 e. The van der Waals surface area contributed by atoms with Crippen LogP contribution >= 0.6 is 0 Å². The van der Waals surface area contributed by atoms with Gasteiger partial charge in [0.25, 0.3) is 0 Å². The number of benzene rings is 2. The predicted molar refractivity (Wildman–Crippen MR) is 125 cm³/mol. The van der Waals surface area contributed by atoms with Crippen LogP contribution in [0.5, 0.6) is 11.5 Å². The minimum atomic E-state index is -0.216. The molecule has 1 unspecified atom stereocenters. The number of carbonyl (C=O) groups is 1. The summed E-state index contributed by atoms with van der Waals surface area (Å²) < 4.78 is 16.6. The molecule has 2 heterocycles. The molecule has 6 nitrogen and oxygen atoms in total. The average molecular weight is 437 g/mol. The van der Waals surface area contributed by atoms with Crippen LogP contribution in [-0.4, -0.2) is 31.7 Å². The Balaban J connectivity index is 1.53. The van der Waals surface area contributed by atoms with E-state index in [2.05, 4.69) is 48.4 Å². The van der Waals surface area contributed by atoms with Gasteiger partial charge in [0.15, 0.2) is 0 Å². The number of methoxy groups -OCH3 is 2. The number of fused-ring (bicyclic) bond motifs is 3. The standard InChI is InChI=1S/C26H32N2O4/c1-16(2)11-17-5-6-18(24(12-17)30-3)15-32-19-7-8-22-21(13-19)20-9-10-27-23(26(20)28-22)14-25(29)31-4/h5-8,12-13,16,23,27-28H,9-11,14-15H2,1-4H3. The van der Waals surface area contributed by atoms with Crippen LogP contribution in [0.15, 0.2) is 36.4 Å². The van der Waals surface area contributed by atoms with Crippen molar-refractivity contribution in [1.82, 2.24) is 10.3 Å². The average Bonchev–Trinajstić information content (AvgIpc) is 3.16. The summed E-state index contributed by atoms with van der Waals surface area (Å²) in [5.74, 6) is 2.06. The van der Waals surface area contributed by atoms with Crippen molar-refractivity contribution >= 4 is 16.9 Å². The van der Waals surface area contributed by atoms with E-state index in [-0.39, 0.29) is 12.0 Å². The molecule has 0 bridgehead atoms. The Morgan fingerprint density at radius 3 is 2.75 bits per heavy atom. The number of nitrogens with one attached hydrogen (secondary N) is 2. The topological polar surface area (TPSA) is 72.6 Å². The minimum absolute atomic E-state index is 0.0587. The molecule has 0 aliphatic carbocycles. The molecule has 2 aromatic carbocycles. The number of H-pyrrole nitrogens is 1. The predicted octanol–water partition coefficient (Wildman–Crippen LogP) is 4.70. The normalized spacial score (nSPS) is 15.6. The SMILES string of the molecule is COC(=O)CC1NCCc2c1[nH]c1ccc(OCc3ccc(CC(C)C)cc3OC)cc21. The van der Waals surface area contributed by atoms with Gasteiger partial charge in [0, 0.05) is 22.2 Å². The molecule has 0 saturated carbocycles. The van der Waals surface area contributed by atoms with Crippen molar-refractivity contribution in [2.24, 2.45) is 5.92 Å². The van der Waals surface area contributed by atoms with E-state index in [0.717, 1.165) is 53.0 Å². The Hall–Kier alpha value is -2.99. The van der Waals surface area contributed by atoms with E-state index in [1.165, 1.54) is 18.2 Å². The smallest absolute Gasteiger partial charge is 0.307 e. The molecule has 0 amide bonds. The van der Waals surface area contributed by atoms with Crippen LogP contribution in [0.2, 0.25) is 0 Å². The van der Waals surface area contributed by atoms with Crippen molar-refractivity contribution < 1.29 is 19.0 Å². The summed E-state index contributed by atoms with van der Waals surface area (Å²) >= 11 is 0. The molecule has 1 aliphatic rings. The molecule has 32 heavy (non-hydrogen) atoms. The molecule has 6 heteroatoms. The third-order valence-electron chi connectivity index (χ3n) is 6.01. The third kappa shape index (κ3) is 4.75. The van der Waals surface area contributed by atoms with Crippen LogP contribution in [0.25, 0.3) is 10.9 Å². The van der Waals surface area contributed by atoms with E-state index < -0.39 is 0 Å². The Labute approximate surface area is 189 Å². The monoisotopic (exact) mass is 436 g/mol. The van der Waals surface area contributed by atoms with Crippen LogP contribution < -0.4 is 14.8 Å². The number of carbonyl (C=O) groups excluding carboxylic acids is 1. The van der Waals surface area contributed by atoms with Crippen LogP contribution in [0.1, 0.15) is 48.7 Å². The summed E-state index contributed by atoms with van der Waals surface area (Å²) in [7, 11) is 3.13. The van der Waals surface area contributed by atoms with Gasteiger partial charge in [0.2, 0.25) is 0 Å². The highest BCUT2D eigenvalue weighted by atomic mass is 16.5. The highest BCUT2D eigenvalue weighted by molar-refractivity contribution is 5.87. The van der Waals surface area contributed by atoms with Gasteiger partial charge in [-0.05, 0) is 60.7 Å². The summed E-state index contributed by atoms with van der Waals surface area (Å²) in [6.07, 6.45) is 2.24. The second kappa shape index (κ2) is 9.65. The zero-order chi connectivity index (χ0) is 22.7. The fourth-order valence-electron chi connectivity index (χ4n) is 4.47. The van der Waals surface area contributed by atoms with Gasteiger partial charge < -0.3 is 24.5 Å². The Kier molecular flexibility index (Phi) is 6.70. The first-order valence-electron chi connectivity index (χ1n) is 11.2. The lowest BCUT2D eigenvalue weighted by molar-refractivity contribution is -0.141. The first-order valence-corrected chi connectivity index (χ1v) is 11.2. The molecule has 1 aromatic heterocycles. The van der Waals surface area contributed by atoms with Gasteiger partial charge in [-0.15, -0.1) is 0 Å². The molecule has 0 saturated heterocycles. The summed E-state index contributed by atoms with van der Waals surface area (Å²) in [6, 6.07) is 12.4. The molecule has 0 radical (unpaired) electrons. The maximum Gasteiger partial charge on any atom is 0.307 e. The van der Waals surface area contributed by atoms with Crippen molar-refractivity contribution in [1.29, 1.82) is 0 Å². The number of hydrogen-bond acceptors (Lipinski definition) is 5. The lowest BCUT2D eigenvalue weighted by Crippen LogP contribution is -2.31. The van der Waals surface area contributed by atoms with Gasteiger partial charge in [-0.2, -0.15) is 0 Å². The van der Waals surface area contributed by atoms with Crippen LogP contribution in [0.4, 0.5) is 0 Å². The highest BCUT2D eigenvalue weighted by Crippen LogP contribution is 2.34. The number of hydrogen-bond donors (Lipinski definition) is 2. The van der Waals surface area contributed by atoms with Crippen molar-refractivity contribution in [2.45, 2.75) is 45.8 Å². The van der Waals surface area contributed by atoms with Crippen molar-refractivity contribution in [3.63, 3.8) is 0 Å². The van der Waals surface area contributed by atoms with Gasteiger partial charge >= 0.3 is 5.97 Å². The quantitative estimate of drug-likeness (QED) is 0.501. The van der Waals surface area contributed by atoms with Crippen molar-refractivity contribution in [3.8, 4) is 11.5 Å². The Morgan fingerprint density at radius 1 is 1.16 bits per heavy atom. The first kappa shape index (κ1) is 22.2. The number of aromatic amines is 1. The number of rotatable bonds is 8. The fourth-order valence-corrected chi connectivity index (χ4v) is 4.47. The molecular formula is C26H32N2O4. The Morgan fingerprint density at radius 2 is 2.00 bits per heavy atom. The van der Waals surface area contributed by atoms with E-state index in [1.807, 2.05) is 12.1 Å². The lowest BCUT2D eigenvalue weighted by atomic mass is 9.97. The zero-order valence-corrected chi connectivity index (χ0v) is 19.3. The number of aromatic nitrogens is 1. The van der Waals surface area contributed by atoms with E-state index in [4.69, 9.17) is 14.2 Å². The first-order chi connectivity index (χ1) is 15.5. The van der Waals surface area contributed by atoms with Gasteiger partial charge in [0.1, 0.15) is 18.1 Å². The molecule has 3 aromatic rings. The third-order valence-corrected chi connectivity index (χ3v) is 6.01. The van der Waals surface area contributed by atoms with E-state index >= 15 is 0 Å². The molecule has 2 N–H and O–H groups in total. The largest absolute Gasteiger partial charge is 0.496 e. The molecular weight excluding hydrogens is 404 g/mol. The molecule has 4 rings (SSSR count). The second-order valence-corrected chi connectivity index (χ2v) is 8.79. The maximum absolute atomic E-state index is 11.8. The number of esters is 1. The zero-order valence-electron chi connectivity index (χ0n) is 19.3.